The van der Waals surface area contributed by atoms with Crippen molar-refractivity contribution in [2.24, 2.45) is 0 Å². The van der Waals surface area contributed by atoms with Gasteiger partial charge in [0.1, 0.15) is 5.75 Å². The summed E-state index contributed by atoms with van der Waals surface area (Å²) in [5.74, 6) is 0.957. The van der Waals surface area contributed by atoms with Crippen molar-refractivity contribution >= 4 is 28.3 Å². The lowest BCUT2D eigenvalue weighted by Crippen LogP contribution is -2.31. The molecule has 2 aromatic heterocycles. The summed E-state index contributed by atoms with van der Waals surface area (Å²) in [6.45, 7) is 5.33. The van der Waals surface area contributed by atoms with Crippen LogP contribution in [0.1, 0.15) is 38.2 Å². The topological polar surface area (TPSA) is 58.6 Å². The fourth-order valence-electron chi connectivity index (χ4n) is 4.69. The molecule has 4 heterocycles. The number of hydrogen-bond donors (Lipinski definition) is 0. The number of carbonyl (C=O) groups is 1. The molecule has 160 valence electrons. The number of rotatable bonds is 6. The molecule has 0 bridgehead atoms. The number of likely N-dealkylation sites (tertiary alicyclic amines) is 1. The Kier molecular flexibility index (Phi) is 5.55. The van der Waals surface area contributed by atoms with Gasteiger partial charge in [-0.15, -0.1) is 0 Å². The van der Waals surface area contributed by atoms with Crippen LogP contribution < -0.4 is 9.64 Å². The van der Waals surface area contributed by atoms with Crippen molar-refractivity contribution in [3.05, 3.63) is 54.4 Å². The van der Waals surface area contributed by atoms with Gasteiger partial charge in [-0.25, -0.2) is 0 Å². The smallest absolute Gasteiger partial charge is 0.231 e. The molecule has 2 aliphatic rings. The number of anilines is 2. The first-order valence-corrected chi connectivity index (χ1v) is 11.2. The number of aryl methyl sites for hydroxylation is 1. The average Bonchev–Trinajstić information content (AvgIpc) is 3.21. The second-order valence-corrected chi connectivity index (χ2v) is 8.48. The van der Waals surface area contributed by atoms with Crippen molar-refractivity contribution in [1.82, 2.24) is 14.9 Å². The second-order valence-electron chi connectivity index (χ2n) is 8.48. The Hall–Kier alpha value is -2.99. The summed E-state index contributed by atoms with van der Waals surface area (Å²) < 4.78 is 6.04. The summed E-state index contributed by atoms with van der Waals surface area (Å²) >= 11 is 0. The van der Waals surface area contributed by atoms with Crippen LogP contribution in [0.4, 0.5) is 11.4 Å². The molecule has 0 aliphatic carbocycles. The third kappa shape index (κ3) is 4.12. The molecule has 1 atom stereocenters. The SMILES string of the molecule is C[C@@H]1CCCN1CCCOc1ccc2c(c1)CCC(=O)N2c1cnc2cccnc2c1. The standard InChI is InChI=1S/C25H28N4O2/c1-18-5-3-12-28(18)13-4-14-31-21-8-9-24-19(15-21)7-10-25(30)29(24)20-16-23-22(27-17-20)6-2-11-26-23/h2,6,8-9,11,15-18H,3-5,7,10,12-14H2,1H3/t18-/m1/s1. The summed E-state index contributed by atoms with van der Waals surface area (Å²) in [6.07, 6.45) is 8.35. The van der Waals surface area contributed by atoms with Crippen molar-refractivity contribution in [2.45, 2.75) is 45.1 Å². The number of amides is 1. The highest BCUT2D eigenvalue weighted by atomic mass is 16.5. The molecule has 1 aromatic carbocycles. The van der Waals surface area contributed by atoms with Crippen LogP contribution in [0.25, 0.3) is 11.0 Å². The van der Waals surface area contributed by atoms with Crippen LogP contribution in [0, 0.1) is 0 Å². The Labute approximate surface area is 182 Å². The van der Waals surface area contributed by atoms with Crippen molar-refractivity contribution in [2.75, 3.05) is 24.6 Å². The number of pyridine rings is 2. The van der Waals surface area contributed by atoms with Crippen LogP contribution in [-0.2, 0) is 11.2 Å². The van der Waals surface area contributed by atoms with E-state index < -0.39 is 0 Å². The number of benzene rings is 1. The minimum atomic E-state index is 0.0815. The van der Waals surface area contributed by atoms with Crippen LogP contribution in [0.3, 0.4) is 0 Å². The van der Waals surface area contributed by atoms with Gasteiger partial charge in [0.25, 0.3) is 0 Å². The molecular formula is C25H28N4O2. The van der Waals surface area contributed by atoms with Crippen LogP contribution in [0.2, 0.25) is 0 Å². The summed E-state index contributed by atoms with van der Waals surface area (Å²) in [5.41, 5.74) is 4.40. The Morgan fingerprint density at radius 3 is 2.94 bits per heavy atom. The Morgan fingerprint density at radius 1 is 1.13 bits per heavy atom. The number of nitrogens with zero attached hydrogens (tertiary/aromatic N) is 4. The van der Waals surface area contributed by atoms with Gasteiger partial charge in [-0.3, -0.25) is 19.7 Å². The lowest BCUT2D eigenvalue weighted by atomic mass is 10.00. The molecule has 0 spiro atoms. The van der Waals surface area contributed by atoms with Crippen molar-refractivity contribution < 1.29 is 9.53 Å². The van der Waals surface area contributed by atoms with E-state index in [0.717, 1.165) is 53.1 Å². The number of ether oxygens (including phenoxy) is 1. The lowest BCUT2D eigenvalue weighted by Gasteiger charge is -2.29. The van der Waals surface area contributed by atoms with Crippen LogP contribution in [-0.4, -0.2) is 46.5 Å². The third-order valence-electron chi connectivity index (χ3n) is 6.39. The highest BCUT2D eigenvalue weighted by molar-refractivity contribution is 6.03. The zero-order valence-electron chi connectivity index (χ0n) is 18.0. The number of hydrogen-bond acceptors (Lipinski definition) is 5. The third-order valence-corrected chi connectivity index (χ3v) is 6.39. The fraction of sp³-hybridized carbons (Fsp3) is 0.400. The van der Waals surface area contributed by atoms with Gasteiger partial charge >= 0.3 is 0 Å². The van der Waals surface area contributed by atoms with Crippen LogP contribution in [0.5, 0.6) is 5.75 Å². The van der Waals surface area contributed by atoms with Crippen LogP contribution >= 0.6 is 0 Å². The molecule has 0 N–H and O–H groups in total. The van der Waals surface area contributed by atoms with E-state index in [1.165, 1.54) is 19.4 Å². The number of carbonyl (C=O) groups excluding carboxylic acids is 1. The molecule has 31 heavy (non-hydrogen) atoms. The Bertz CT molecular complexity index is 1100. The highest BCUT2D eigenvalue weighted by Gasteiger charge is 2.26. The molecule has 6 heteroatoms. The monoisotopic (exact) mass is 416 g/mol. The van der Waals surface area contributed by atoms with Crippen LogP contribution in [0.15, 0.2) is 48.8 Å². The fourth-order valence-corrected chi connectivity index (χ4v) is 4.69. The molecule has 2 aliphatic heterocycles. The largest absolute Gasteiger partial charge is 0.494 e. The Balaban J connectivity index is 1.30. The first kappa shape index (κ1) is 19.9. The molecular weight excluding hydrogens is 388 g/mol. The maximum atomic E-state index is 12.8. The quantitative estimate of drug-likeness (QED) is 0.554. The summed E-state index contributed by atoms with van der Waals surface area (Å²) in [7, 11) is 0. The maximum absolute atomic E-state index is 12.8. The summed E-state index contributed by atoms with van der Waals surface area (Å²) in [5, 5.41) is 0. The molecule has 0 radical (unpaired) electrons. The molecule has 5 rings (SSSR count). The predicted molar refractivity (Wildman–Crippen MR) is 122 cm³/mol. The van der Waals surface area contributed by atoms with Gasteiger partial charge in [-0.05, 0) is 81.1 Å². The Morgan fingerprint density at radius 2 is 2.06 bits per heavy atom. The first-order chi connectivity index (χ1) is 15.2. The van der Waals surface area contributed by atoms with E-state index in [-0.39, 0.29) is 5.91 Å². The zero-order chi connectivity index (χ0) is 21.2. The van der Waals surface area contributed by atoms with E-state index in [1.807, 2.05) is 30.3 Å². The molecule has 0 saturated carbocycles. The molecule has 1 fully saturated rings. The average molecular weight is 417 g/mol. The van der Waals surface area contributed by atoms with E-state index in [9.17, 15) is 4.79 Å². The first-order valence-electron chi connectivity index (χ1n) is 11.2. The molecule has 6 nitrogen and oxygen atoms in total. The maximum Gasteiger partial charge on any atom is 0.231 e. The van der Waals surface area contributed by atoms with Gasteiger partial charge in [-0.1, -0.05) is 0 Å². The van der Waals surface area contributed by atoms with Gasteiger partial charge < -0.3 is 9.64 Å². The zero-order valence-corrected chi connectivity index (χ0v) is 18.0. The van der Waals surface area contributed by atoms with Crippen molar-refractivity contribution in [1.29, 1.82) is 0 Å². The van der Waals surface area contributed by atoms with Gasteiger partial charge in [0.05, 0.1) is 35.2 Å². The summed E-state index contributed by atoms with van der Waals surface area (Å²) in [6, 6.07) is 12.5. The summed E-state index contributed by atoms with van der Waals surface area (Å²) in [4.78, 5) is 26.0. The molecule has 3 aromatic rings. The van der Waals surface area contributed by atoms with Gasteiger partial charge in [0, 0.05) is 25.2 Å². The second kappa shape index (κ2) is 8.63. The minimum Gasteiger partial charge on any atom is -0.494 e. The van der Waals surface area contributed by atoms with Gasteiger partial charge in [0.2, 0.25) is 5.91 Å². The van der Waals surface area contributed by atoms with Crippen molar-refractivity contribution in [3.63, 3.8) is 0 Å². The number of fused-ring (bicyclic) bond motifs is 2. The van der Waals surface area contributed by atoms with Gasteiger partial charge in [-0.2, -0.15) is 0 Å². The van der Waals surface area contributed by atoms with E-state index in [0.29, 0.717) is 19.1 Å². The highest BCUT2D eigenvalue weighted by Crippen LogP contribution is 2.36. The van der Waals surface area contributed by atoms with E-state index in [1.54, 1.807) is 17.3 Å². The molecule has 0 unspecified atom stereocenters. The van der Waals surface area contributed by atoms with E-state index in [2.05, 4.69) is 27.9 Å². The molecule has 1 amide bonds. The molecule has 1 saturated heterocycles. The van der Waals surface area contributed by atoms with E-state index >= 15 is 0 Å². The lowest BCUT2D eigenvalue weighted by molar-refractivity contribution is -0.118. The van der Waals surface area contributed by atoms with E-state index in [4.69, 9.17) is 4.74 Å². The normalized spacial score (nSPS) is 19.1. The number of aromatic nitrogens is 2. The predicted octanol–water partition coefficient (Wildman–Crippen LogP) is 4.49. The minimum absolute atomic E-state index is 0.0815. The van der Waals surface area contributed by atoms with Gasteiger partial charge in [0.15, 0.2) is 0 Å². The van der Waals surface area contributed by atoms with Crippen molar-refractivity contribution in [3.8, 4) is 5.75 Å².